The molecule has 1 aromatic heterocycles. The maximum Gasteiger partial charge on any atom is 0.289 e. The molecule has 0 saturated heterocycles. The number of nitrogens with two attached hydrogens (primary N) is 1. The minimum absolute atomic E-state index is 0.324. The second kappa shape index (κ2) is 7.52. The smallest absolute Gasteiger partial charge is 0.289 e. The van der Waals surface area contributed by atoms with Crippen LogP contribution in [-0.4, -0.2) is 28.9 Å². The molecular formula is C19H19N5O2. The third-order valence-corrected chi connectivity index (χ3v) is 3.86. The lowest BCUT2D eigenvalue weighted by Crippen LogP contribution is -2.19. The summed E-state index contributed by atoms with van der Waals surface area (Å²) in [4.78, 5) is 12.3. The second-order valence-electron chi connectivity index (χ2n) is 5.66. The second-order valence-corrected chi connectivity index (χ2v) is 5.66. The summed E-state index contributed by atoms with van der Waals surface area (Å²) >= 11 is 0. The number of ether oxygens (including phenoxy) is 1. The molecule has 1 amide bonds. The van der Waals surface area contributed by atoms with Gasteiger partial charge in [0.25, 0.3) is 5.91 Å². The number of amides is 1. The van der Waals surface area contributed by atoms with Gasteiger partial charge in [0, 0.05) is 11.3 Å². The van der Waals surface area contributed by atoms with Crippen LogP contribution >= 0.6 is 0 Å². The van der Waals surface area contributed by atoms with Crippen LogP contribution in [0.2, 0.25) is 0 Å². The van der Waals surface area contributed by atoms with Gasteiger partial charge in [-0.1, -0.05) is 12.1 Å². The maximum atomic E-state index is 12.3. The Morgan fingerprint density at radius 1 is 1.15 bits per heavy atom. The molecule has 1 heterocycles. The predicted octanol–water partition coefficient (Wildman–Crippen LogP) is 2.82. The number of methoxy groups -OCH3 is 1. The number of H-pyrrole nitrogens is 1. The number of hydrazone groups is 1. The highest BCUT2D eigenvalue weighted by molar-refractivity contribution is 6.00. The van der Waals surface area contributed by atoms with E-state index >= 15 is 0 Å². The minimum Gasteiger partial charge on any atom is -0.497 e. The van der Waals surface area contributed by atoms with Gasteiger partial charge >= 0.3 is 0 Å². The van der Waals surface area contributed by atoms with Crippen molar-refractivity contribution in [2.45, 2.75) is 6.92 Å². The summed E-state index contributed by atoms with van der Waals surface area (Å²) in [7, 11) is 1.61. The molecule has 0 spiro atoms. The van der Waals surface area contributed by atoms with Crippen LogP contribution in [0.3, 0.4) is 0 Å². The zero-order valence-corrected chi connectivity index (χ0v) is 14.5. The van der Waals surface area contributed by atoms with Crippen molar-refractivity contribution in [3.05, 3.63) is 65.9 Å². The Bertz CT molecular complexity index is 927. The lowest BCUT2D eigenvalue weighted by Gasteiger charge is -2.02. The summed E-state index contributed by atoms with van der Waals surface area (Å²) in [6.45, 7) is 1.81. The number of nitrogens with zero attached hydrogens (tertiary/aromatic N) is 2. The monoisotopic (exact) mass is 349 g/mol. The summed E-state index contributed by atoms with van der Waals surface area (Å²) in [5.74, 6) is 0.391. The molecule has 7 nitrogen and oxygen atoms in total. The van der Waals surface area contributed by atoms with Gasteiger partial charge in [-0.2, -0.15) is 10.2 Å². The topological polar surface area (TPSA) is 105 Å². The highest BCUT2D eigenvalue weighted by Gasteiger charge is 2.11. The number of aromatic amines is 1. The van der Waals surface area contributed by atoms with Gasteiger partial charge in [-0.25, -0.2) is 5.43 Å². The molecule has 0 aliphatic rings. The van der Waals surface area contributed by atoms with Crippen LogP contribution in [0.1, 0.15) is 23.0 Å². The lowest BCUT2D eigenvalue weighted by atomic mass is 10.1. The third-order valence-electron chi connectivity index (χ3n) is 3.86. The van der Waals surface area contributed by atoms with Gasteiger partial charge in [0.05, 0.1) is 18.5 Å². The van der Waals surface area contributed by atoms with Gasteiger partial charge in [0.1, 0.15) is 11.4 Å². The fraction of sp³-hybridized carbons (Fsp3) is 0.105. The highest BCUT2D eigenvalue weighted by atomic mass is 16.5. The number of anilines is 1. The zero-order chi connectivity index (χ0) is 18.5. The predicted molar refractivity (Wildman–Crippen MR) is 101 cm³/mol. The maximum absolute atomic E-state index is 12.3. The van der Waals surface area contributed by atoms with Crippen LogP contribution in [0.25, 0.3) is 11.3 Å². The molecule has 3 aromatic rings. The van der Waals surface area contributed by atoms with Gasteiger partial charge in [0.15, 0.2) is 0 Å². The van der Waals surface area contributed by atoms with E-state index in [0.29, 0.717) is 22.8 Å². The first-order chi connectivity index (χ1) is 12.6. The van der Waals surface area contributed by atoms with Crippen molar-refractivity contribution in [2.75, 3.05) is 12.8 Å². The molecule has 0 aliphatic heterocycles. The molecule has 0 bridgehead atoms. The number of carbonyl (C=O) groups excluding carboxylic acids is 1. The van der Waals surface area contributed by atoms with Crippen molar-refractivity contribution in [2.24, 2.45) is 5.10 Å². The molecule has 132 valence electrons. The number of hydrogen-bond acceptors (Lipinski definition) is 5. The number of nitrogen functional groups attached to an aromatic ring is 1. The Hall–Kier alpha value is -3.61. The normalized spacial score (nSPS) is 11.2. The molecule has 0 unspecified atom stereocenters. The Kier molecular flexibility index (Phi) is 4.98. The van der Waals surface area contributed by atoms with Crippen LogP contribution in [0, 0.1) is 0 Å². The molecule has 2 aromatic carbocycles. The molecule has 26 heavy (non-hydrogen) atoms. The van der Waals surface area contributed by atoms with E-state index in [1.54, 1.807) is 25.3 Å². The van der Waals surface area contributed by atoms with E-state index in [1.165, 1.54) is 0 Å². The van der Waals surface area contributed by atoms with E-state index < -0.39 is 0 Å². The van der Waals surface area contributed by atoms with Crippen molar-refractivity contribution in [3.63, 3.8) is 0 Å². The minimum atomic E-state index is -0.368. The van der Waals surface area contributed by atoms with Crippen molar-refractivity contribution < 1.29 is 9.53 Å². The Morgan fingerprint density at radius 3 is 2.50 bits per heavy atom. The van der Waals surface area contributed by atoms with Gasteiger partial charge in [-0.05, 0) is 55.0 Å². The highest BCUT2D eigenvalue weighted by Crippen LogP contribution is 2.21. The number of benzene rings is 2. The summed E-state index contributed by atoms with van der Waals surface area (Å²) < 4.78 is 5.13. The molecule has 0 fully saturated rings. The number of aromatic nitrogens is 2. The van der Waals surface area contributed by atoms with Crippen LogP contribution in [0.4, 0.5) is 5.69 Å². The summed E-state index contributed by atoms with van der Waals surface area (Å²) in [6, 6.07) is 16.4. The zero-order valence-electron chi connectivity index (χ0n) is 14.5. The quantitative estimate of drug-likeness (QED) is 0.374. The number of nitrogens with one attached hydrogen (secondary N) is 2. The Labute approximate surface area is 150 Å². The number of carbonyl (C=O) groups is 1. The molecule has 0 saturated carbocycles. The van der Waals surface area contributed by atoms with Crippen molar-refractivity contribution in [1.29, 1.82) is 0 Å². The van der Waals surface area contributed by atoms with E-state index in [1.807, 2.05) is 43.3 Å². The van der Waals surface area contributed by atoms with E-state index in [2.05, 4.69) is 20.7 Å². The van der Waals surface area contributed by atoms with E-state index in [4.69, 9.17) is 10.5 Å². The van der Waals surface area contributed by atoms with Crippen LogP contribution in [0.5, 0.6) is 5.75 Å². The first-order valence-electron chi connectivity index (χ1n) is 7.97. The molecule has 0 aliphatic carbocycles. The van der Waals surface area contributed by atoms with Crippen molar-refractivity contribution >= 4 is 17.3 Å². The molecule has 3 rings (SSSR count). The molecule has 0 radical (unpaired) electrons. The first-order valence-corrected chi connectivity index (χ1v) is 7.97. The Balaban J connectivity index is 1.69. The summed E-state index contributed by atoms with van der Waals surface area (Å²) in [5, 5.41) is 11.0. The average molecular weight is 349 g/mol. The largest absolute Gasteiger partial charge is 0.497 e. The van der Waals surface area contributed by atoms with Crippen LogP contribution in [0.15, 0.2) is 59.7 Å². The molecule has 7 heteroatoms. The third kappa shape index (κ3) is 3.89. The van der Waals surface area contributed by atoms with Gasteiger partial charge in [-0.3, -0.25) is 9.89 Å². The fourth-order valence-electron chi connectivity index (χ4n) is 2.33. The average Bonchev–Trinajstić information content (AvgIpc) is 3.17. The van der Waals surface area contributed by atoms with E-state index in [9.17, 15) is 4.79 Å². The van der Waals surface area contributed by atoms with Gasteiger partial charge in [0.2, 0.25) is 0 Å². The van der Waals surface area contributed by atoms with E-state index in [0.717, 1.165) is 16.9 Å². The number of hydrogen-bond donors (Lipinski definition) is 3. The van der Waals surface area contributed by atoms with E-state index in [-0.39, 0.29) is 5.91 Å². The standard InChI is InChI=1S/C19H19N5O2/c1-12(13-3-7-15(20)8-4-13)21-24-19(25)18-11-17(22-23-18)14-5-9-16(26-2)10-6-14/h3-11H,20H2,1-2H3,(H,22,23)(H,24,25). The molecular weight excluding hydrogens is 330 g/mol. The SMILES string of the molecule is COc1ccc(-c2cc(C(=O)NN=C(C)c3ccc(N)cc3)[nH]n2)cc1. The number of rotatable bonds is 5. The summed E-state index contributed by atoms with van der Waals surface area (Å²) in [5.41, 5.74) is 12.3. The van der Waals surface area contributed by atoms with Crippen molar-refractivity contribution in [1.82, 2.24) is 15.6 Å². The van der Waals surface area contributed by atoms with Gasteiger partial charge < -0.3 is 10.5 Å². The summed E-state index contributed by atoms with van der Waals surface area (Å²) in [6.07, 6.45) is 0. The van der Waals surface area contributed by atoms with Crippen LogP contribution in [-0.2, 0) is 0 Å². The lowest BCUT2D eigenvalue weighted by molar-refractivity contribution is 0.0950. The Morgan fingerprint density at radius 2 is 1.85 bits per heavy atom. The molecule has 0 atom stereocenters. The first kappa shape index (κ1) is 17.2. The molecule has 4 N–H and O–H groups in total. The van der Waals surface area contributed by atoms with Gasteiger partial charge in [-0.15, -0.1) is 0 Å². The fourth-order valence-corrected chi connectivity index (χ4v) is 2.33. The van der Waals surface area contributed by atoms with Crippen molar-refractivity contribution in [3.8, 4) is 17.0 Å². The van der Waals surface area contributed by atoms with Crippen LogP contribution < -0.4 is 15.9 Å².